The fraction of sp³-hybridized carbons (Fsp3) is 0.571. The lowest BCUT2D eigenvalue weighted by Crippen LogP contribution is -2.41. The van der Waals surface area contributed by atoms with Crippen LogP contribution >= 0.6 is 0 Å². The van der Waals surface area contributed by atoms with Gasteiger partial charge in [-0.15, -0.1) is 0 Å². The number of nitriles is 1. The summed E-state index contributed by atoms with van der Waals surface area (Å²) < 4.78 is 11.9. The predicted octanol–water partition coefficient (Wildman–Crippen LogP) is 1.42. The molecule has 6 heteroatoms. The summed E-state index contributed by atoms with van der Waals surface area (Å²) in [6.45, 7) is 7.96. The molecule has 1 fully saturated rings. The van der Waals surface area contributed by atoms with Crippen LogP contribution in [0.4, 0.5) is 5.69 Å². The van der Waals surface area contributed by atoms with Gasteiger partial charge in [0.25, 0.3) is 0 Å². The second kappa shape index (κ2) is 5.08. The maximum absolute atomic E-state index is 8.65. The molecule has 1 aliphatic rings. The van der Waals surface area contributed by atoms with Gasteiger partial charge in [0.1, 0.15) is 0 Å². The highest BCUT2D eigenvalue weighted by atomic mass is 16.7. The maximum Gasteiger partial charge on any atom is 0.516 e. The second-order valence-corrected chi connectivity index (χ2v) is 6.02. The summed E-state index contributed by atoms with van der Waals surface area (Å²) in [5, 5.41) is 8.65. The van der Waals surface area contributed by atoms with Gasteiger partial charge in [0.15, 0.2) is 0 Å². The Bertz CT molecular complexity index is 536. The van der Waals surface area contributed by atoms with Crippen molar-refractivity contribution in [3.63, 3.8) is 0 Å². The molecule has 2 heterocycles. The number of rotatable bonds is 3. The third-order valence-electron chi connectivity index (χ3n) is 3.98. The first-order valence-corrected chi connectivity index (χ1v) is 6.75. The highest BCUT2D eigenvalue weighted by molar-refractivity contribution is 6.62. The molecule has 0 bridgehead atoms. The first-order chi connectivity index (χ1) is 9.27. The molecule has 0 aliphatic carbocycles. The smallest absolute Gasteiger partial charge is 0.398 e. The summed E-state index contributed by atoms with van der Waals surface area (Å²) in [7, 11) is -0.568. The van der Waals surface area contributed by atoms with Crippen LogP contribution < -0.4 is 11.3 Å². The topological polar surface area (TPSA) is 81.2 Å². The van der Waals surface area contributed by atoms with Crippen molar-refractivity contribution in [2.24, 2.45) is 0 Å². The van der Waals surface area contributed by atoms with E-state index in [2.05, 4.69) is 11.1 Å². The number of hydrogen-bond donors (Lipinski definition) is 1. The Kier molecular flexibility index (Phi) is 3.76. The Balaban J connectivity index is 2.28. The molecule has 2 N–H and O–H groups in total. The van der Waals surface area contributed by atoms with E-state index in [0.717, 1.165) is 5.69 Å². The lowest BCUT2D eigenvalue weighted by atomic mass is 9.82. The van der Waals surface area contributed by atoms with Gasteiger partial charge in [-0.25, -0.2) is 0 Å². The monoisotopic (exact) mass is 273 g/mol. The number of aryl methyl sites for hydroxylation is 1. The average molecular weight is 273 g/mol. The van der Waals surface area contributed by atoms with Crippen LogP contribution in [-0.2, 0) is 15.7 Å². The van der Waals surface area contributed by atoms with E-state index in [1.165, 1.54) is 0 Å². The molecule has 0 atom stereocenters. The van der Waals surface area contributed by atoms with Crippen molar-refractivity contribution >= 4 is 18.4 Å². The SMILES string of the molecule is CC1(C)OB(c2nc(CCC#N)ccc2N)OC1(C)C. The van der Waals surface area contributed by atoms with E-state index in [1.54, 1.807) is 6.07 Å². The first-order valence-electron chi connectivity index (χ1n) is 6.75. The van der Waals surface area contributed by atoms with E-state index in [1.807, 2.05) is 33.8 Å². The standard InChI is InChI=1S/C14H20BN3O2/c1-13(2)14(3,4)20-15(19-13)12-11(17)8-7-10(18-12)6-5-9-16/h7-8H,5-6,17H2,1-4H3. The normalized spacial score (nSPS) is 19.9. The van der Waals surface area contributed by atoms with Crippen molar-refractivity contribution < 1.29 is 9.31 Å². The fourth-order valence-electron chi connectivity index (χ4n) is 1.99. The molecule has 0 radical (unpaired) electrons. The minimum atomic E-state index is -0.568. The summed E-state index contributed by atoms with van der Waals surface area (Å²) >= 11 is 0. The molecule has 1 aliphatic heterocycles. The lowest BCUT2D eigenvalue weighted by Gasteiger charge is -2.32. The van der Waals surface area contributed by atoms with Gasteiger partial charge in [-0.05, 0) is 39.8 Å². The summed E-state index contributed by atoms with van der Waals surface area (Å²) in [4.78, 5) is 4.50. The zero-order chi connectivity index (χ0) is 15.0. The van der Waals surface area contributed by atoms with Crippen LogP contribution in [0.3, 0.4) is 0 Å². The van der Waals surface area contributed by atoms with Crippen LogP contribution in [-0.4, -0.2) is 23.3 Å². The Labute approximate surface area is 120 Å². The molecule has 0 saturated carbocycles. The number of nitrogens with zero attached hydrogens (tertiary/aromatic N) is 2. The quantitative estimate of drug-likeness (QED) is 0.842. The molecule has 1 aromatic heterocycles. The van der Waals surface area contributed by atoms with Crippen molar-refractivity contribution in [1.82, 2.24) is 4.98 Å². The third-order valence-corrected chi connectivity index (χ3v) is 3.98. The largest absolute Gasteiger partial charge is 0.516 e. The zero-order valence-corrected chi connectivity index (χ0v) is 12.4. The van der Waals surface area contributed by atoms with Gasteiger partial charge in [-0.1, -0.05) is 0 Å². The van der Waals surface area contributed by atoms with Crippen LogP contribution in [0, 0.1) is 11.3 Å². The molecular weight excluding hydrogens is 253 g/mol. The molecule has 5 nitrogen and oxygen atoms in total. The van der Waals surface area contributed by atoms with Crippen molar-refractivity contribution in [2.45, 2.75) is 51.7 Å². The van der Waals surface area contributed by atoms with Crippen molar-refractivity contribution in [1.29, 1.82) is 5.26 Å². The summed E-state index contributed by atoms with van der Waals surface area (Å²) in [5.74, 6) is 0. The van der Waals surface area contributed by atoms with Gasteiger partial charge in [0.2, 0.25) is 0 Å². The number of nitrogen functional groups attached to an aromatic ring is 1. The highest BCUT2D eigenvalue weighted by Crippen LogP contribution is 2.36. The van der Waals surface area contributed by atoms with E-state index in [9.17, 15) is 0 Å². The van der Waals surface area contributed by atoms with Crippen LogP contribution in [0.25, 0.3) is 0 Å². The van der Waals surface area contributed by atoms with Gasteiger partial charge >= 0.3 is 7.12 Å². The number of pyridine rings is 1. The van der Waals surface area contributed by atoms with Crippen molar-refractivity contribution in [3.05, 3.63) is 17.8 Å². The Hall–Kier alpha value is -1.58. The Morgan fingerprint density at radius 2 is 1.85 bits per heavy atom. The minimum Gasteiger partial charge on any atom is -0.398 e. The van der Waals surface area contributed by atoms with Crippen LogP contribution in [0.1, 0.15) is 39.8 Å². The summed E-state index contributed by atoms with van der Waals surface area (Å²) in [6, 6.07) is 5.74. The fourth-order valence-corrected chi connectivity index (χ4v) is 1.99. The zero-order valence-electron chi connectivity index (χ0n) is 12.4. The predicted molar refractivity (Wildman–Crippen MR) is 78.3 cm³/mol. The van der Waals surface area contributed by atoms with E-state index in [4.69, 9.17) is 20.3 Å². The molecule has 0 unspecified atom stereocenters. The molecular formula is C14H20BN3O2. The average Bonchev–Trinajstić information content (AvgIpc) is 2.57. The van der Waals surface area contributed by atoms with Crippen molar-refractivity contribution in [3.8, 4) is 6.07 Å². The van der Waals surface area contributed by atoms with Gasteiger partial charge in [0.05, 0.1) is 22.9 Å². The van der Waals surface area contributed by atoms with Crippen LogP contribution in [0.15, 0.2) is 12.1 Å². The van der Waals surface area contributed by atoms with E-state index in [-0.39, 0.29) is 0 Å². The summed E-state index contributed by atoms with van der Waals surface area (Å²) in [5.41, 5.74) is 7.11. The number of anilines is 1. The number of nitrogens with two attached hydrogens (primary N) is 1. The summed E-state index contributed by atoms with van der Waals surface area (Å²) in [6.07, 6.45) is 1.03. The van der Waals surface area contributed by atoms with Gasteiger partial charge in [-0.3, -0.25) is 4.98 Å². The molecule has 2 rings (SSSR count). The Morgan fingerprint density at radius 1 is 1.25 bits per heavy atom. The van der Waals surface area contributed by atoms with Crippen LogP contribution in [0.2, 0.25) is 0 Å². The molecule has 106 valence electrons. The van der Waals surface area contributed by atoms with E-state index >= 15 is 0 Å². The number of hydrogen-bond acceptors (Lipinski definition) is 5. The minimum absolute atomic E-state index is 0.422. The van der Waals surface area contributed by atoms with E-state index < -0.39 is 18.3 Å². The van der Waals surface area contributed by atoms with E-state index in [0.29, 0.717) is 24.1 Å². The molecule has 1 saturated heterocycles. The lowest BCUT2D eigenvalue weighted by molar-refractivity contribution is 0.00578. The third kappa shape index (κ3) is 2.65. The maximum atomic E-state index is 8.65. The molecule has 20 heavy (non-hydrogen) atoms. The highest BCUT2D eigenvalue weighted by Gasteiger charge is 2.52. The first kappa shape index (κ1) is 14.8. The van der Waals surface area contributed by atoms with Crippen LogP contribution in [0.5, 0.6) is 0 Å². The van der Waals surface area contributed by atoms with Gasteiger partial charge in [0, 0.05) is 24.2 Å². The Morgan fingerprint density at radius 3 is 2.40 bits per heavy atom. The number of aromatic nitrogens is 1. The van der Waals surface area contributed by atoms with Gasteiger partial charge in [-0.2, -0.15) is 5.26 Å². The molecule has 0 spiro atoms. The molecule has 0 aromatic carbocycles. The molecule has 0 amide bonds. The second-order valence-electron chi connectivity index (χ2n) is 6.02. The van der Waals surface area contributed by atoms with Crippen molar-refractivity contribution in [2.75, 3.05) is 5.73 Å². The molecule has 1 aromatic rings. The van der Waals surface area contributed by atoms with Gasteiger partial charge < -0.3 is 15.0 Å².